The quantitative estimate of drug-likeness (QED) is 0.712. The molecular weight excluding hydrogens is 384 g/mol. The Balaban J connectivity index is 2.23. The third-order valence-corrected chi connectivity index (χ3v) is 5.01. The molecule has 0 aromatic heterocycles. The fourth-order valence-electron chi connectivity index (χ4n) is 3.60. The third-order valence-electron chi connectivity index (χ3n) is 5.01. The number of methoxy groups -OCH3 is 2. The monoisotopic (exact) mass is 412 g/mol. The van der Waals surface area contributed by atoms with Gasteiger partial charge in [-0.2, -0.15) is 5.10 Å². The zero-order valence-corrected chi connectivity index (χ0v) is 18.1. The molecule has 30 heavy (non-hydrogen) atoms. The third kappa shape index (κ3) is 4.06. The first-order valence-corrected chi connectivity index (χ1v) is 10.1. The van der Waals surface area contributed by atoms with Crippen molar-refractivity contribution in [2.45, 2.75) is 33.1 Å². The average molecular weight is 412 g/mol. The molecule has 3 rings (SSSR count). The number of hydrogen-bond donors (Lipinski definition) is 1. The number of benzene rings is 2. The van der Waals surface area contributed by atoms with Crippen LogP contribution in [0.15, 0.2) is 35.4 Å². The van der Waals surface area contributed by atoms with Crippen LogP contribution < -0.4 is 24.4 Å². The fourth-order valence-corrected chi connectivity index (χ4v) is 3.60. The van der Waals surface area contributed by atoms with E-state index in [2.05, 4.69) is 10.5 Å². The lowest BCUT2D eigenvalue weighted by Crippen LogP contribution is -2.23. The van der Waals surface area contributed by atoms with E-state index >= 15 is 0 Å². The van der Waals surface area contributed by atoms with Crippen molar-refractivity contribution in [1.82, 2.24) is 5.43 Å². The van der Waals surface area contributed by atoms with Gasteiger partial charge in [0.2, 0.25) is 5.91 Å². The van der Waals surface area contributed by atoms with E-state index in [1.165, 1.54) is 0 Å². The molecule has 1 aliphatic heterocycles. The molecule has 0 fully saturated rings. The van der Waals surface area contributed by atoms with Gasteiger partial charge in [0.25, 0.3) is 0 Å². The van der Waals surface area contributed by atoms with Crippen molar-refractivity contribution in [3.63, 3.8) is 0 Å². The van der Waals surface area contributed by atoms with Gasteiger partial charge in [0.05, 0.1) is 39.1 Å². The van der Waals surface area contributed by atoms with Crippen molar-refractivity contribution in [3.05, 3.63) is 47.0 Å². The Hall–Kier alpha value is -3.22. The van der Waals surface area contributed by atoms with Crippen molar-refractivity contribution in [2.75, 3.05) is 27.4 Å². The first-order valence-electron chi connectivity index (χ1n) is 10.1. The van der Waals surface area contributed by atoms with Gasteiger partial charge in [-0.1, -0.05) is 6.92 Å². The van der Waals surface area contributed by atoms with E-state index in [1.807, 2.05) is 51.1 Å². The largest absolute Gasteiger partial charge is 0.493 e. The van der Waals surface area contributed by atoms with Crippen LogP contribution in [0.25, 0.3) is 0 Å². The number of carbonyl (C=O) groups is 1. The Morgan fingerprint density at radius 3 is 2.17 bits per heavy atom. The van der Waals surface area contributed by atoms with E-state index in [1.54, 1.807) is 14.2 Å². The zero-order chi connectivity index (χ0) is 21.7. The van der Waals surface area contributed by atoms with Crippen molar-refractivity contribution < 1.29 is 23.7 Å². The maximum atomic E-state index is 12.8. The van der Waals surface area contributed by atoms with E-state index in [4.69, 9.17) is 18.9 Å². The molecule has 160 valence electrons. The molecule has 7 nitrogen and oxygen atoms in total. The Labute approximate surface area is 177 Å². The Morgan fingerprint density at radius 2 is 1.57 bits per heavy atom. The van der Waals surface area contributed by atoms with E-state index in [0.29, 0.717) is 48.3 Å². The molecule has 2 aromatic carbocycles. The standard InChI is InChI=1S/C23H28N2O5/c1-6-15-16-12-20(29-7-2)21(30-8-3)13-17(16)22(24-25-23(15)26)14-9-10-18(27-4)19(11-14)28-5/h9-13,15H,6-8H2,1-5H3,(H,25,26)/t15-/m1/s1. The number of nitrogens with zero attached hydrogens (tertiary/aromatic N) is 1. The highest BCUT2D eigenvalue weighted by atomic mass is 16.5. The number of fused-ring (bicyclic) bond motifs is 1. The van der Waals surface area contributed by atoms with Gasteiger partial charge in [0.1, 0.15) is 0 Å². The number of amides is 1. The highest BCUT2D eigenvalue weighted by molar-refractivity contribution is 6.16. The Bertz CT molecular complexity index is 955. The summed E-state index contributed by atoms with van der Waals surface area (Å²) in [6.45, 7) is 6.81. The average Bonchev–Trinajstić information content (AvgIpc) is 2.89. The molecule has 0 bridgehead atoms. The first kappa shape index (κ1) is 21.5. The van der Waals surface area contributed by atoms with Gasteiger partial charge in [-0.3, -0.25) is 4.79 Å². The van der Waals surface area contributed by atoms with Crippen molar-refractivity contribution >= 4 is 11.6 Å². The van der Waals surface area contributed by atoms with E-state index < -0.39 is 0 Å². The molecule has 0 aliphatic carbocycles. The van der Waals surface area contributed by atoms with Gasteiger partial charge in [-0.15, -0.1) is 0 Å². The predicted molar refractivity (Wildman–Crippen MR) is 115 cm³/mol. The minimum atomic E-state index is -0.351. The van der Waals surface area contributed by atoms with E-state index in [9.17, 15) is 4.79 Å². The van der Waals surface area contributed by atoms with Crippen molar-refractivity contribution in [2.24, 2.45) is 5.10 Å². The van der Waals surface area contributed by atoms with Crippen LogP contribution in [0.1, 0.15) is 49.8 Å². The first-order chi connectivity index (χ1) is 14.6. The SMILES string of the molecule is CCOc1cc2c(cc1OCC)[C@@H](CC)C(=O)NN=C2c1ccc(OC)c(OC)c1. The lowest BCUT2D eigenvalue weighted by Gasteiger charge is -2.19. The van der Waals surface area contributed by atoms with E-state index in [-0.39, 0.29) is 11.8 Å². The Kier molecular flexibility index (Phi) is 6.82. The van der Waals surface area contributed by atoms with Crippen LogP contribution in [-0.4, -0.2) is 39.1 Å². The number of nitrogens with one attached hydrogen (secondary N) is 1. The zero-order valence-electron chi connectivity index (χ0n) is 18.1. The lowest BCUT2D eigenvalue weighted by molar-refractivity contribution is -0.122. The summed E-state index contributed by atoms with van der Waals surface area (Å²) in [5.41, 5.74) is 5.79. The highest BCUT2D eigenvalue weighted by Crippen LogP contribution is 2.38. The second kappa shape index (κ2) is 9.52. The smallest absolute Gasteiger partial charge is 0.247 e. The summed E-state index contributed by atoms with van der Waals surface area (Å²) in [6, 6.07) is 9.36. The van der Waals surface area contributed by atoms with Crippen LogP contribution in [-0.2, 0) is 4.79 Å². The van der Waals surface area contributed by atoms with Crippen LogP contribution in [0.2, 0.25) is 0 Å². The lowest BCUT2D eigenvalue weighted by atomic mass is 9.87. The molecule has 0 spiro atoms. The van der Waals surface area contributed by atoms with Gasteiger partial charge in [-0.25, -0.2) is 5.43 Å². The summed E-state index contributed by atoms with van der Waals surface area (Å²) in [5.74, 6) is 1.94. The summed E-state index contributed by atoms with van der Waals surface area (Å²) in [5, 5.41) is 4.45. The van der Waals surface area contributed by atoms with Crippen molar-refractivity contribution in [1.29, 1.82) is 0 Å². The van der Waals surface area contributed by atoms with Crippen LogP contribution in [0, 0.1) is 0 Å². The molecular formula is C23H28N2O5. The summed E-state index contributed by atoms with van der Waals surface area (Å²) in [7, 11) is 3.17. The van der Waals surface area contributed by atoms with Gasteiger partial charge >= 0.3 is 0 Å². The number of rotatable bonds is 8. The molecule has 0 saturated carbocycles. The molecule has 0 saturated heterocycles. The molecule has 2 aromatic rings. The highest BCUT2D eigenvalue weighted by Gasteiger charge is 2.29. The van der Waals surface area contributed by atoms with Gasteiger partial charge in [0, 0.05) is 11.1 Å². The number of carbonyl (C=O) groups excluding carboxylic acids is 1. The summed E-state index contributed by atoms with van der Waals surface area (Å²) < 4.78 is 22.4. The second-order valence-corrected chi connectivity index (χ2v) is 6.72. The molecule has 0 unspecified atom stereocenters. The molecule has 1 amide bonds. The van der Waals surface area contributed by atoms with Crippen LogP contribution in [0.4, 0.5) is 0 Å². The Morgan fingerprint density at radius 1 is 0.900 bits per heavy atom. The second-order valence-electron chi connectivity index (χ2n) is 6.72. The maximum Gasteiger partial charge on any atom is 0.247 e. The summed E-state index contributed by atoms with van der Waals surface area (Å²) in [4.78, 5) is 12.8. The molecule has 1 aliphatic rings. The van der Waals surface area contributed by atoms with E-state index in [0.717, 1.165) is 16.7 Å². The maximum absolute atomic E-state index is 12.8. The minimum absolute atomic E-state index is 0.152. The summed E-state index contributed by atoms with van der Waals surface area (Å²) in [6.07, 6.45) is 0.632. The molecule has 1 atom stereocenters. The number of hydrogen-bond acceptors (Lipinski definition) is 6. The van der Waals surface area contributed by atoms with Gasteiger partial charge in [-0.05, 0) is 56.2 Å². The van der Waals surface area contributed by atoms with Gasteiger partial charge in [0.15, 0.2) is 23.0 Å². The number of ether oxygens (including phenoxy) is 4. The fraction of sp³-hybridized carbons (Fsp3) is 0.391. The van der Waals surface area contributed by atoms with Crippen LogP contribution in [0.5, 0.6) is 23.0 Å². The normalized spacial score (nSPS) is 15.4. The van der Waals surface area contributed by atoms with Gasteiger partial charge < -0.3 is 18.9 Å². The molecule has 0 radical (unpaired) electrons. The van der Waals surface area contributed by atoms with Crippen molar-refractivity contribution in [3.8, 4) is 23.0 Å². The number of hydrazone groups is 1. The van der Waals surface area contributed by atoms with Crippen LogP contribution >= 0.6 is 0 Å². The molecule has 1 heterocycles. The molecule has 1 N–H and O–H groups in total. The summed E-state index contributed by atoms with van der Waals surface area (Å²) >= 11 is 0. The molecule has 7 heteroatoms. The predicted octanol–water partition coefficient (Wildman–Crippen LogP) is 3.88. The topological polar surface area (TPSA) is 78.4 Å². The minimum Gasteiger partial charge on any atom is -0.493 e. The van der Waals surface area contributed by atoms with Crippen LogP contribution in [0.3, 0.4) is 0 Å².